The number of hydrogen-bond acceptors (Lipinski definition) is 3. The van der Waals surface area contributed by atoms with Crippen LogP contribution in [0.5, 0.6) is 0 Å². The summed E-state index contributed by atoms with van der Waals surface area (Å²) in [5.74, 6) is 0.00391. The highest BCUT2D eigenvalue weighted by Crippen LogP contribution is 2.35. The van der Waals surface area contributed by atoms with Gasteiger partial charge in [0.15, 0.2) is 0 Å². The van der Waals surface area contributed by atoms with Crippen molar-refractivity contribution in [2.45, 2.75) is 44.8 Å². The van der Waals surface area contributed by atoms with Crippen LogP contribution in [-0.4, -0.2) is 26.4 Å². The van der Waals surface area contributed by atoms with Crippen molar-refractivity contribution in [3.8, 4) is 0 Å². The van der Waals surface area contributed by atoms with Crippen LogP contribution in [0.25, 0.3) is 5.52 Å². The molecule has 0 radical (unpaired) electrons. The van der Waals surface area contributed by atoms with E-state index < -0.39 is 6.10 Å². The first-order valence-corrected chi connectivity index (χ1v) is 10.1. The molecule has 146 valence electrons. The lowest BCUT2D eigenvalue weighted by atomic mass is 9.81. The van der Waals surface area contributed by atoms with Crippen LogP contribution in [0.15, 0.2) is 48.9 Å². The zero-order valence-corrected chi connectivity index (χ0v) is 16.6. The maximum Gasteiger partial charge on any atom is 0.251 e. The van der Waals surface area contributed by atoms with Gasteiger partial charge in [-0.05, 0) is 56.4 Å². The Morgan fingerprint density at radius 3 is 3.00 bits per heavy atom. The zero-order chi connectivity index (χ0) is 19.7. The van der Waals surface area contributed by atoms with Crippen molar-refractivity contribution in [1.82, 2.24) is 14.7 Å². The molecule has 1 aromatic carbocycles. The molecule has 1 fully saturated rings. The number of imidazole rings is 1. The van der Waals surface area contributed by atoms with Crippen molar-refractivity contribution >= 4 is 23.0 Å². The molecule has 5 nitrogen and oxygen atoms in total. The molecule has 2 N–H and O–H groups in total. The molecule has 1 aliphatic rings. The fourth-order valence-corrected chi connectivity index (χ4v) is 4.41. The predicted molar refractivity (Wildman–Crippen MR) is 110 cm³/mol. The molecule has 28 heavy (non-hydrogen) atoms. The van der Waals surface area contributed by atoms with Crippen LogP contribution < -0.4 is 5.32 Å². The lowest BCUT2D eigenvalue weighted by Gasteiger charge is -2.33. The van der Waals surface area contributed by atoms with Gasteiger partial charge in [0.2, 0.25) is 0 Å². The second kappa shape index (κ2) is 7.94. The van der Waals surface area contributed by atoms with Crippen LogP contribution in [-0.2, 0) is 0 Å². The summed E-state index contributed by atoms with van der Waals surface area (Å²) in [6.45, 7) is 1.98. The van der Waals surface area contributed by atoms with Gasteiger partial charge in [-0.3, -0.25) is 4.79 Å². The molecule has 3 atom stereocenters. The molecule has 0 bridgehead atoms. The average Bonchev–Trinajstić information content (AvgIpc) is 3.15. The summed E-state index contributed by atoms with van der Waals surface area (Å²) >= 11 is 6.23. The van der Waals surface area contributed by atoms with Gasteiger partial charge in [-0.1, -0.05) is 35.7 Å². The third-order valence-electron chi connectivity index (χ3n) is 5.60. The molecule has 1 saturated carbocycles. The van der Waals surface area contributed by atoms with Gasteiger partial charge in [-0.25, -0.2) is 4.98 Å². The second-order valence-corrected chi connectivity index (χ2v) is 8.13. The number of aliphatic hydroxyl groups excluding tert-OH is 1. The number of pyridine rings is 1. The molecule has 3 unspecified atom stereocenters. The second-order valence-electron chi connectivity index (χ2n) is 7.70. The van der Waals surface area contributed by atoms with Crippen LogP contribution in [0.2, 0.25) is 5.02 Å². The van der Waals surface area contributed by atoms with Crippen LogP contribution >= 0.6 is 11.6 Å². The van der Waals surface area contributed by atoms with Crippen molar-refractivity contribution in [2.75, 3.05) is 0 Å². The van der Waals surface area contributed by atoms with E-state index in [-0.39, 0.29) is 17.9 Å². The number of benzene rings is 1. The highest BCUT2D eigenvalue weighted by atomic mass is 35.5. The van der Waals surface area contributed by atoms with E-state index in [4.69, 9.17) is 11.6 Å². The lowest BCUT2D eigenvalue weighted by Crippen LogP contribution is -2.39. The van der Waals surface area contributed by atoms with Crippen molar-refractivity contribution in [3.63, 3.8) is 0 Å². The Balaban J connectivity index is 1.48. The average molecular weight is 398 g/mol. The third-order valence-corrected chi connectivity index (χ3v) is 5.81. The number of nitrogens with one attached hydrogen (secondary N) is 1. The van der Waals surface area contributed by atoms with Gasteiger partial charge in [0.1, 0.15) is 0 Å². The number of aliphatic hydroxyl groups is 1. The fourth-order valence-electron chi connectivity index (χ4n) is 4.19. The van der Waals surface area contributed by atoms with Crippen LogP contribution in [0, 0.1) is 12.8 Å². The van der Waals surface area contributed by atoms with E-state index in [2.05, 4.69) is 10.3 Å². The molecule has 3 aromatic rings. The summed E-state index contributed by atoms with van der Waals surface area (Å²) in [6.07, 6.45) is 6.32. The number of carbonyl (C=O) groups is 1. The number of nitrogens with zero attached hydrogens (tertiary/aromatic N) is 2. The largest absolute Gasteiger partial charge is 0.387 e. The van der Waals surface area contributed by atoms with Gasteiger partial charge in [-0.2, -0.15) is 0 Å². The highest BCUT2D eigenvalue weighted by molar-refractivity contribution is 6.31. The van der Waals surface area contributed by atoms with E-state index >= 15 is 0 Å². The minimum absolute atomic E-state index is 0.0522. The molecule has 0 aliphatic heterocycles. The van der Waals surface area contributed by atoms with Crippen molar-refractivity contribution in [2.24, 2.45) is 5.92 Å². The molecule has 1 amide bonds. The van der Waals surface area contributed by atoms with E-state index in [0.717, 1.165) is 42.5 Å². The molecular weight excluding hydrogens is 374 g/mol. The summed E-state index contributed by atoms with van der Waals surface area (Å²) < 4.78 is 1.88. The molecule has 2 aromatic heterocycles. The van der Waals surface area contributed by atoms with E-state index in [1.165, 1.54) is 0 Å². The lowest BCUT2D eigenvalue weighted by molar-refractivity contribution is 0.0664. The van der Waals surface area contributed by atoms with E-state index in [9.17, 15) is 9.90 Å². The third kappa shape index (κ3) is 3.91. The van der Waals surface area contributed by atoms with Crippen LogP contribution in [0.1, 0.15) is 53.4 Å². The number of amides is 1. The zero-order valence-electron chi connectivity index (χ0n) is 15.8. The molecule has 1 aliphatic carbocycles. The minimum Gasteiger partial charge on any atom is -0.387 e. The summed E-state index contributed by atoms with van der Waals surface area (Å²) in [5.41, 5.74) is 3.35. The molecule has 0 spiro atoms. The van der Waals surface area contributed by atoms with E-state index in [1.807, 2.05) is 41.7 Å². The summed E-state index contributed by atoms with van der Waals surface area (Å²) in [7, 11) is 0. The predicted octanol–water partition coefficient (Wildman–Crippen LogP) is 4.32. The number of aryl methyl sites for hydroxylation is 1. The summed E-state index contributed by atoms with van der Waals surface area (Å²) in [6, 6.07) is 11.3. The molecule has 4 rings (SSSR count). The smallest absolute Gasteiger partial charge is 0.251 e. The number of fused-ring (bicyclic) bond motifs is 1. The summed E-state index contributed by atoms with van der Waals surface area (Å²) in [5, 5.41) is 14.8. The van der Waals surface area contributed by atoms with E-state index in [1.54, 1.807) is 18.6 Å². The Bertz CT molecular complexity index is 1000. The minimum atomic E-state index is -0.658. The first-order chi connectivity index (χ1) is 13.5. The number of rotatable bonds is 4. The maximum absolute atomic E-state index is 12.6. The standard InChI is InChI=1S/C22H24ClN3O2/c1-14-4-2-6-16(8-14)22(28)25-18-7-3-5-15(9-18)21(27)20-11-17(23)10-19-12-24-13-26(19)20/h2,4,6,8,10-13,15,18,21,27H,3,5,7,9H2,1H3,(H,25,28). The van der Waals surface area contributed by atoms with Gasteiger partial charge >= 0.3 is 0 Å². The molecular formula is C22H24ClN3O2. The maximum atomic E-state index is 12.6. The Hall–Kier alpha value is -2.37. The number of halogens is 1. The Morgan fingerprint density at radius 2 is 2.18 bits per heavy atom. The van der Waals surface area contributed by atoms with Crippen LogP contribution in [0.4, 0.5) is 0 Å². The highest BCUT2D eigenvalue weighted by Gasteiger charge is 2.30. The van der Waals surface area contributed by atoms with Gasteiger partial charge < -0.3 is 14.8 Å². The van der Waals surface area contributed by atoms with Gasteiger partial charge in [0, 0.05) is 16.6 Å². The van der Waals surface area contributed by atoms with Gasteiger partial charge in [0.05, 0.1) is 29.8 Å². The monoisotopic (exact) mass is 397 g/mol. The quantitative estimate of drug-likeness (QED) is 0.689. The Kier molecular flexibility index (Phi) is 5.38. The fraction of sp³-hybridized carbons (Fsp3) is 0.364. The number of carbonyl (C=O) groups excluding carboxylic acids is 1. The van der Waals surface area contributed by atoms with Gasteiger partial charge in [0.25, 0.3) is 5.91 Å². The van der Waals surface area contributed by atoms with Crippen molar-refractivity contribution in [1.29, 1.82) is 0 Å². The van der Waals surface area contributed by atoms with E-state index in [0.29, 0.717) is 10.6 Å². The van der Waals surface area contributed by atoms with Crippen molar-refractivity contribution < 1.29 is 9.90 Å². The number of aromatic nitrogens is 2. The van der Waals surface area contributed by atoms with Crippen molar-refractivity contribution in [3.05, 3.63) is 70.8 Å². The number of hydrogen-bond donors (Lipinski definition) is 2. The molecule has 6 heteroatoms. The molecule has 0 saturated heterocycles. The van der Waals surface area contributed by atoms with Gasteiger partial charge in [-0.15, -0.1) is 0 Å². The normalized spacial score (nSPS) is 20.8. The van der Waals surface area contributed by atoms with Crippen LogP contribution in [0.3, 0.4) is 0 Å². The summed E-state index contributed by atoms with van der Waals surface area (Å²) in [4.78, 5) is 16.8. The Morgan fingerprint density at radius 1 is 1.32 bits per heavy atom. The SMILES string of the molecule is Cc1cccc(C(=O)NC2CCCC(C(O)c3cc(Cl)cc4cncn34)C2)c1. The topological polar surface area (TPSA) is 66.6 Å². The molecule has 2 heterocycles. The first kappa shape index (κ1) is 19.0. The Labute approximate surface area is 169 Å². The first-order valence-electron chi connectivity index (χ1n) is 9.68.